The number of benzene rings is 3. The van der Waals surface area contributed by atoms with Crippen LogP contribution in [0.1, 0.15) is 34.6 Å². The molecule has 0 spiro atoms. The van der Waals surface area contributed by atoms with Crippen molar-refractivity contribution in [3.05, 3.63) is 102 Å². The highest BCUT2D eigenvalue weighted by atomic mass is 16.5. The number of para-hydroxylation sites is 1. The zero-order valence-corrected chi connectivity index (χ0v) is 15.6. The number of hydrogen-bond acceptors (Lipinski definition) is 3. The van der Waals surface area contributed by atoms with Gasteiger partial charge < -0.3 is 14.5 Å². The van der Waals surface area contributed by atoms with Crippen molar-refractivity contribution in [3.63, 3.8) is 0 Å². The molecule has 0 aliphatic rings. The van der Waals surface area contributed by atoms with Gasteiger partial charge in [-0.25, -0.2) is 0 Å². The van der Waals surface area contributed by atoms with Crippen molar-refractivity contribution in [2.45, 2.75) is 19.6 Å². The molecule has 0 aliphatic carbocycles. The first kappa shape index (κ1) is 17.9. The average Bonchev–Trinajstić information content (AvgIpc) is 3.21. The number of furan rings is 1. The highest BCUT2D eigenvalue weighted by Gasteiger charge is 2.19. The van der Waals surface area contributed by atoms with Crippen molar-refractivity contribution >= 4 is 16.7 Å². The molecule has 3 aromatic carbocycles. The van der Waals surface area contributed by atoms with Crippen LogP contribution >= 0.6 is 0 Å². The zero-order valence-electron chi connectivity index (χ0n) is 15.6. The third-order valence-corrected chi connectivity index (χ3v) is 4.73. The minimum atomic E-state index is -0.253. The number of hydrogen-bond donors (Lipinski definition) is 1. The number of amides is 1. The first-order chi connectivity index (χ1) is 13.7. The summed E-state index contributed by atoms with van der Waals surface area (Å²) in [5.74, 6) is 0.777. The van der Waals surface area contributed by atoms with Gasteiger partial charge in [0.2, 0.25) is 0 Å². The summed E-state index contributed by atoms with van der Waals surface area (Å²) >= 11 is 0. The topological polar surface area (TPSA) is 51.5 Å². The molecular weight excluding hydrogens is 350 g/mol. The molecule has 4 nitrogen and oxygen atoms in total. The third kappa shape index (κ3) is 3.76. The lowest BCUT2D eigenvalue weighted by atomic mass is 9.99. The van der Waals surface area contributed by atoms with E-state index in [-0.39, 0.29) is 24.3 Å². The lowest BCUT2D eigenvalue weighted by Gasteiger charge is -2.16. The smallest absolute Gasteiger partial charge is 0.287 e. The van der Waals surface area contributed by atoms with Gasteiger partial charge >= 0.3 is 0 Å². The Hall–Kier alpha value is -3.53. The van der Waals surface area contributed by atoms with Gasteiger partial charge in [0, 0.05) is 5.56 Å². The summed E-state index contributed by atoms with van der Waals surface area (Å²) in [6.45, 7) is 2.24. The normalized spacial score (nSPS) is 11.9. The Bertz CT molecular complexity index is 1080. The summed E-state index contributed by atoms with van der Waals surface area (Å²) in [4.78, 5) is 12.8. The van der Waals surface area contributed by atoms with Gasteiger partial charge in [-0.15, -0.1) is 0 Å². The van der Waals surface area contributed by atoms with Crippen LogP contribution in [0.25, 0.3) is 10.8 Å². The van der Waals surface area contributed by atoms with E-state index < -0.39 is 0 Å². The number of carbonyl (C=O) groups excluding carboxylic acids is 1. The molecule has 1 atom stereocenters. The van der Waals surface area contributed by atoms with Gasteiger partial charge in [-0.2, -0.15) is 0 Å². The Kier molecular flexibility index (Phi) is 5.11. The second-order valence-electron chi connectivity index (χ2n) is 6.64. The van der Waals surface area contributed by atoms with E-state index in [4.69, 9.17) is 9.15 Å². The zero-order chi connectivity index (χ0) is 19.3. The van der Waals surface area contributed by atoms with Gasteiger partial charge in [-0.3, -0.25) is 4.79 Å². The standard InChI is InChI=1S/C24H21NO3/c1-17(21-13-7-9-18-8-5-6-12-22(18)21)25-24(26)23-19(14-15-27-23)16-28-20-10-3-2-4-11-20/h2-15,17H,16H2,1H3,(H,25,26). The third-order valence-electron chi connectivity index (χ3n) is 4.73. The summed E-state index contributed by atoms with van der Waals surface area (Å²) < 4.78 is 11.2. The monoisotopic (exact) mass is 371 g/mol. The minimum absolute atomic E-state index is 0.161. The summed E-state index contributed by atoms with van der Waals surface area (Å²) in [5, 5.41) is 5.32. The molecule has 0 aliphatic heterocycles. The van der Waals surface area contributed by atoms with Gasteiger partial charge in [0.05, 0.1) is 12.3 Å². The summed E-state index contributed by atoms with van der Waals surface area (Å²) in [5.41, 5.74) is 1.78. The molecule has 28 heavy (non-hydrogen) atoms. The van der Waals surface area contributed by atoms with Crippen LogP contribution in [0.15, 0.2) is 89.5 Å². The second kappa shape index (κ2) is 8.01. The second-order valence-corrected chi connectivity index (χ2v) is 6.64. The van der Waals surface area contributed by atoms with Crippen LogP contribution in [0.4, 0.5) is 0 Å². The largest absolute Gasteiger partial charge is 0.489 e. The van der Waals surface area contributed by atoms with E-state index in [1.165, 1.54) is 6.26 Å². The van der Waals surface area contributed by atoms with Crippen LogP contribution in [0.2, 0.25) is 0 Å². The molecule has 0 saturated carbocycles. The fraction of sp³-hybridized carbons (Fsp3) is 0.125. The number of ether oxygens (including phenoxy) is 1. The van der Waals surface area contributed by atoms with Gasteiger partial charge in [0.1, 0.15) is 12.4 Å². The van der Waals surface area contributed by atoms with Crippen molar-refractivity contribution in [2.75, 3.05) is 0 Å². The van der Waals surface area contributed by atoms with Gasteiger partial charge in [-0.05, 0) is 41.5 Å². The number of carbonyl (C=O) groups is 1. The average molecular weight is 371 g/mol. The molecular formula is C24H21NO3. The van der Waals surface area contributed by atoms with Crippen molar-refractivity contribution in [2.24, 2.45) is 0 Å². The number of rotatable bonds is 6. The summed E-state index contributed by atoms with van der Waals surface area (Å²) in [6.07, 6.45) is 1.52. The Morgan fingerprint density at radius 2 is 1.71 bits per heavy atom. The van der Waals surface area contributed by atoms with E-state index >= 15 is 0 Å². The van der Waals surface area contributed by atoms with Crippen LogP contribution in [0, 0.1) is 0 Å². The molecule has 1 heterocycles. The van der Waals surface area contributed by atoms with Gasteiger partial charge in [0.25, 0.3) is 5.91 Å². The Labute approximate surface area is 163 Å². The van der Waals surface area contributed by atoms with Crippen molar-refractivity contribution in [1.29, 1.82) is 0 Å². The highest BCUT2D eigenvalue weighted by molar-refractivity contribution is 5.94. The molecule has 1 N–H and O–H groups in total. The van der Waals surface area contributed by atoms with Crippen LogP contribution in [0.3, 0.4) is 0 Å². The quantitative estimate of drug-likeness (QED) is 0.487. The van der Waals surface area contributed by atoms with E-state index in [1.807, 2.05) is 61.5 Å². The SMILES string of the molecule is CC(NC(=O)c1occc1COc1ccccc1)c1cccc2ccccc12. The predicted molar refractivity (Wildman–Crippen MR) is 109 cm³/mol. The molecule has 0 saturated heterocycles. The van der Waals surface area contributed by atoms with Crippen LogP contribution in [-0.4, -0.2) is 5.91 Å². The highest BCUT2D eigenvalue weighted by Crippen LogP contribution is 2.25. The van der Waals surface area contributed by atoms with E-state index in [0.717, 1.165) is 22.1 Å². The Morgan fingerprint density at radius 3 is 2.57 bits per heavy atom. The summed E-state index contributed by atoms with van der Waals surface area (Å²) in [6, 6.07) is 25.4. The lowest BCUT2D eigenvalue weighted by Crippen LogP contribution is -2.27. The van der Waals surface area contributed by atoms with E-state index in [0.29, 0.717) is 5.56 Å². The number of fused-ring (bicyclic) bond motifs is 1. The molecule has 0 fully saturated rings. The van der Waals surface area contributed by atoms with Crippen LogP contribution < -0.4 is 10.1 Å². The maximum atomic E-state index is 12.8. The number of nitrogens with one attached hydrogen (secondary N) is 1. The molecule has 0 bridgehead atoms. The van der Waals surface area contributed by atoms with Gasteiger partial charge in [-0.1, -0.05) is 60.7 Å². The minimum Gasteiger partial charge on any atom is -0.489 e. The van der Waals surface area contributed by atoms with E-state index in [2.05, 4.69) is 23.5 Å². The Morgan fingerprint density at radius 1 is 0.964 bits per heavy atom. The maximum Gasteiger partial charge on any atom is 0.287 e. The predicted octanol–water partition coefficient (Wildman–Crippen LogP) is 5.50. The van der Waals surface area contributed by atoms with Crippen LogP contribution in [-0.2, 0) is 6.61 Å². The van der Waals surface area contributed by atoms with Crippen molar-refractivity contribution in [3.8, 4) is 5.75 Å². The molecule has 0 radical (unpaired) electrons. The van der Waals surface area contributed by atoms with E-state index in [9.17, 15) is 4.79 Å². The fourth-order valence-corrected chi connectivity index (χ4v) is 3.29. The van der Waals surface area contributed by atoms with E-state index in [1.54, 1.807) is 6.07 Å². The van der Waals surface area contributed by atoms with Crippen LogP contribution in [0.5, 0.6) is 5.75 Å². The first-order valence-corrected chi connectivity index (χ1v) is 9.25. The molecule has 1 aromatic heterocycles. The lowest BCUT2D eigenvalue weighted by molar-refractivity contribution is 0.0908. The van der Waals surface area contributed by atoms with Gasteiger partial charge in [0.15, 0.2) is 5.76 Å². The molecule has 4 aromatic rings. The molecule has 1 amide bonds. The molecule has 4 heteroatoms. The summed E-state index contributed by atoms with van der Waals surface area (Å²) in [7, 11) is 0. The molecule has 140 valence electrons. The maximum absolute atomic E-state index is 12.8. The molecule has 4 rings (SSSR count). The fourth-order valence-electron chi connectivity index (χ4n) is 3.29. The Balaban J connectivity index is 1.49. The van der Waals surface area contributed by atoms with Crippen molar-refractivity contribution < 1.29 is 13.9 Å². The van der Waals surface area contributed by atoms with Crippen molar-refractivity contribution in [1.82, 2.24) is 5.32 Å². The molecule has 1 unspecified atom stereocenters. The first-order valence-electron chi connectivity index (χ1n) is 9.25.